The van der Waals surface area contributed by atoms with Gasteiger partial charge in [-0.15, -0.1) is 0 Å². The van der Waals surface area contributed by atoms with Crippen molar-refractivity contribution >= 4 is 22.8 Å². The molecule has 0 bridgehead atoms. The normalized spacial score (nSPS) is 21.5. The highest BCUT2D eigenvalue weighted by Gasteiger charge is 2.39. The van der Waals surface area contributed by atoms with Gasteiger partial charge >= 0.3 is 0 Å². The van der Waals surface area contributed by atoms with E-state index in [2.05, 4.69) is 14.9 Å². The lowest BCUT2D eigenvalue weighted by Gasteiger charge is -2.45. The number of hydrogen-bond acceptors (Lipinski definition) is 5. The number of fused-ring (bicyclic) bond motifs is 2. The summed E-state index contributed by atoms with van der Waals surface area (Å²) in [7, 11) is 1.77. The predicted octanol–water partition coefficient (Wildman–Crippen LogP) is -0.478. The lowest BCUT2D eigenvalue weighted by atomic mass is 10.1. The molecule has 0 aliphatic carbocycles. The van der Waals surface area contributed by atoms with E-state index in [4.69, 9.17) is 0 Å². The van der Waals surface area contributed by atoms with Gasteiger partial charge in [0.25, 0.3) is 11.5 Å². The maximum Gasteiger partial charge on any atom is 0.280 e. The van der Waals surface area contributed by atoms with Gasteiger partial charge in [-0.2, -0.15) is 0 Å². The molecule has 2 aliphatic rings. The van der Waals surface area contributed by atoms with E-state index in [1.165, 1.54) is 0 Å². The van der Waals surface area contributed by atoms with Crippen LogP contribution in [-0.4, -0.2) is 82.3 Å². The predicted molar refractivity (Wildman–Crippen MR) is 91.3 cm³/mol. The number of nitrogens with zero attached hydrogens (tertiary/aromatic N) is 4. The minimum absolute atomic E-state index is 0.0177. The van der Waals surface area contributed by atoms with Crippen LogP contribution >= 0.6 is 0 Å². The Morgan fingerprint density at radius 2 is 1.92 bits per heavy atom. The molecule has 1 aromatic heterocycles. The first kappa shape index (κ1) is 15.8. The van der Waals surface area contributed by atoms with Crippen molar-refractivity contribution in [2.45, 2.75) is 6.04 Å². The van der Waals surface area contributed by atoms with Gasteiger partial charge in [-0.25, -0.2) is 4.98 Å². The third-order valence-corrected chi connectivity index (χ3v) is 4.96. The van der Waals surface area contributed by atoms with Crippen molar-refractivity contribution in [3.63, 3.8) is 0 Å². The van der Waals surface area contributed by atoms with Crippen LogP contribution in [-0.2, 0) is 4.79 Å². The van der Waals surface area contributed by atoms with Crippen LogP contribution in [0.4, 0.5) is 0 Å². The molecule has 130 valence electrons. The number of carbonyl (C=O) groups is 2. The number of H-pyrrole nitrogens is 1. The Morgan fingerprint density at radius 3 is 2.76 bits per heavy atom. The average Bonchev–Trinajstić information content (AvgIpc) is 2.63. The second-order valence-electron chi connectivity index (χ2n) is 6.49. The van der Waals surface area contributed by atoms with E-state index in [1.54, 1.807) is 41.1 Å². The minimum Gasteiger partial charge on any atom is -0.343 e. The average molecular weight is 341 g/mol. The van der Waals surface area contributed by atoms with Crippen LogP contribution in [0.15, 0.2) is 29.1 Å². The zero-order valence-electron chi connectivity index (χ0n) is 13.9. The molecule has 1 aromatic carbocycles. The van der Waals surface area contributed by atoms with E-state index in [-0.39, 0.29) is 24.2 Å². The van der Waals surface area contributed by atoms with Crippen molar-refractivity contribution in [1.29, 1.82) is 0 Å². The fraction of sp³-hybridized carbons (Fsp3) is 0.412. The number of aromatic nitrogens is 2. The van der Waals surface area contributed by atoms with Crippen LogP contribution < -0.4 is 5.56 Å². The summed E-state index contributed by atoms with van der Waals surface area (Å²) in [6.07, 6.45) is 0. The van der Waals surface area contributed by atoms with Crippen LogP contribution in [0.2, 0.25) is 0 Å². The summed E-state index contributed by atoms with van der Waals surface area (Å²) >= 11 is 0. The summed E-state index contributed by atoms with van der Waals surface area (Å²) in [5.41, 5.74) is 0.539. The fourth-order valence-electron chi connectivity index (χ4n) is 3.47. The smallest absolute Gasteiger partial charge is 0.280 e. The molecule has 25 heavy (non-hydrogen) atoms. The molecular weight excluding hydrogens is 322 g/mol. The fourth-order valence-corrected chi connectivity index (χ4v) is 3.47. The largest absolute Gasteiger partial charge is 0.343 e. The third-order valence-electron chi connectivity index (χ3n) is 4.96. The molecule has 3 heterocycles. The lowest BCUT2D eigenvalue weighted by molar-refractivity contribution is -0.142. The first-order valence-corrected chi connectivity index (χ1v) is 8.32. The zero-order chi connectivity index (χ0) is 17.6. The van der Waals surface area contributed by atoms with E-state index in [1.807, 2.05) is 0 Å². The van der Waals surface area contributed by atoms with Gasteiger partial charge in [0, 0.05) is 39.8 Å². The van der Waals surface area contributed by atoms with Crippen molar-refractivity contribution in [1.82, 2.24) is 24.7 Å². The van der Waals surface area contributed by atoms with Crippen molar-refractivity contribution < 1.29 is 9.59 Å². The summed E-state index contributed by atoms with van der Waals surface area (Å²) in [5, 5.41) is 0. The van der Waals surface area contributed by atoms with Crippen molar-refractivity contribution in [2.75, 3.05) is 39.8 Å². The molecule has 1 N–H and O–H groups in total. The summed E-state index contributed by atoms with van der Waals surface area (Å²) < 4.78 is 0. The lowest BCUT2D eigenvalue weighted by Crippen LogP contribution is -2.64. The standard InChI is InChI=1S/C17H19N5O3/c1-20-6-7-21-8-9-22(10-13(21)16(20)24)17(25)14-15(23)19-12-5-3-2-4-11(12)18-14/h2-5,13H,6-10H2,1H3,(H,19,23). The number of rotatable bonds is 1. The number of benzene rings is 1. The maximum absolute atomic E-state index is 12.8. The van der Waals surface area contributed by atoms with E-state index >= 15 is 0 Å². The highest BCUT2D eigenvalue weighted by Crippen LogP contribution is 2.17. The third kappa shape index (κ3) is 2.68. The Balaban J connectivity index is 1.62. The molecule has 2 amide bonds. The van der Waals surface area contributed by atoms with Gasteiger partial charge in [0.15, 0.2) is 5.69 Å². The number of aromatic amines is 1. The van der Waals surface area contributed by atoms with Crippen molar-refractivity contribution in [2.24, 2.45) is 0 Å². The number of hydrogen-bond donors (Lipinski definition) is 1. The number of para-hydroxylation sites is 2. The highest BCUT2D eigenvalue weighted by molar-refractivity contribution is 5.94. The second kappa shape index (κ2) is 5.96. The molecule has 0 spiro atoms. The second-order valence-corrected chi connectivity index (χ2v) is 6.49. The molecule has 2 aromatic rings. The minimum atomic E-state index is -0.502. The first-order valence-electron chi connectivity index (χ1n) is 8.32. The molecular formula is C17H19N5O3. The first-order chi connectivity index (χ1) is 12.0. The van der Waals surface area contributed by atoms with Crippen LogP contribution in [0.1, 0.15) is 10.5 Å². The van der Waals surface area contributed by atoms with Crippen LogP contribution in [0.3, 0.4) is 0 Å². The molecule has 2 aliphatic heterocycles. The van der Waals surface area contributed by atoms with Crippen LogP contribution in [0.5, 0.6) is 0 Å². The molecule has 0 radical (unpaired) electrons. The Hall–Kier alpha value is -2.74. The summed E-state index contributed by atoms with van der Waals surface area (Å²) in [4.78, 5) is 49.8. The topological polar surface area (TPSA) is 89.6 Å². The molecule has 8 heteroatoms. The molecule has 2 saturated heterocycles. The van der Waals surface area contributed by atoms with Gasteiger partial charge in [-0.1, -0.05) is 12.1 Å². The van der Waals surface area contributed by atoms with Gasteiger partial charge in [-0.3, -0.25) is 19.3 Å². The summed E-state index contributed by atoms with van der Waals surface area (Å²) in [6.45, 7) is 2.91. The molecule has 1 unspecified atom stereocenters. The Kier molecular flexibility index (Phi) is 3.76. The molecule has 8 nitrogen and oxygen atoms in total. The number of likely N-dealkylation sites (N-methyl/N-ethyl adjacent to an activating group) is 1. The van der Waals surface area contributed by atoms with Gasteiger partial charge < -0.3 is 14.8 Å². The number of carbonyl (C=O) groups excluding carboxylic acids is 2. The van der Waals surface area contributed by atoms with E-state index in [9.17, 15) is 14.4 Å². The van der Waals surface area contributed by atoms with Gasteiger partial charge in [0.05, 0.1) is 11.0 Å². The molecule has 4 rings (SSSR count). The molecule has 2 fully saturated rings. The van der Waals surface area contributed by atoms with Gasteiger partial charge in [0.1, 0.15) is 6.04 Å². The number of nitrogens with one attached hydrogen (secondary N) is 1. The van der Waals surface area contributed by atoms with Crippen LogP contribution in [0, 0.1) is 0 Å². The Bertz CT molecular complexity index is 909. The Labute approximate surface area is 144 Å². The summed E-state index contributed by atoms with van der Waals surface area (Å²) in [5.74, 6) is -0.406. The van der Waals surface area contributed by atoms with Crippen molar-refractivity contribution in [3.05, 3.63) is 40.3 Å². The number of amides is 2. The van der Waals surface area contributed by atoms with E-state index in [0.717, 1.165) is 6.54 Å². The number of piperazine rings is 2. The van der Waals surface area contributed by atoms with E-state index < -0.39 is 11.5 Å². The molecule has 1 atom stereocenters. The van der Waals surface area contributed by atoms with E-state index in [0.29, 0.717) is 30.7 Å². The SMILES string of the molecule is CN1CCN2CCN(C(=O)c3nc4ccccc4[nH]c3=O)CC2C1=O. The van der Waals surface area contributed by atoms with Crippen LogP contribution in [0.25, 0.3) is 11.0 Å². The summed E-state index contributed by atoms with van der Waals surface area (Å²) in [6, 6.07) is 6.76. The highest BCUT2D eigenvalue weighted by atomic mass is 16.2. The molecule has 0 saturated carbocycles. The van der Waals surface area contributed by atoms with Gasteiger partial charge in [-0.05, 0) is 12.1 Å². The monoisotopic (exact) mass is 341 g/mol. The zero-order valence-corrected chi connectivity index (χ0v) is 13.9. The maximum atomic E-state index is 12.8. The van der Waals surface area contributed by atoms with Crippen molar-refractivity contribution in [3.8, 4) is 0 Å². The quantitative estimate of drug-likeness (QED) is 0.757. The Morgan fingerprint density at radius 1 is 1.16 bits per heavy atom. The van der Waals surface area contributed by atoms with Gasteiger partial charge in [0.2, 0.25) is 5.91 Å².